The van der Waals surface area contributed by atoms with Crippen LogP contribution in [-0.4, -0.2) is 18.2 Å². The van der Waals surface area contributed by atoms with E-state index in [1.165, 1.54) is 11.6 Å². The van der Waals surface area contributed by atoms with Crippen LogP contribution in [0.4, 0.5) is 0 Å². The smallest absolute Gasteiger partial charge is 0.328 e. The van der Waals surface area contributed by atoms with Crippen molar-refractivity contribution in [3.05, 3.63) is 41.0 Å². The summed E-state index contributed by atoms with van der Waals surface area (Å²) < 4.78 is 5.36. The Labute approximate surface area is 114 Å². The molecule has 0 aliphatic heterocycles. The molecule has 0 bridgehead atoms. The third-order valence-corrected chi connectivity index (χ3v) is 3.20. The van der Waals surface area contributed by atoms with Crippen LogP contribution < -0.4 is 4.74 Å². The van der Waals surface area contributed by atoms with Gasteiger partial charge < -0.3 is 9.84 Å². The van der Waals surface area contributed by atoms with Gasteiger partial charge in [-0.2, -0.15) is 0 Å². The number of carboxylic acids is 1. The maximum atomic E-state index is 10.9. The third-order valence-electron chi connectivity index (χ3n) is 3.20. The van der Waals surface area contributed by atoms with E-state index in [0.717, 1.165) is 23.3 Å². The Bertz CT molecular complexity index is 473. The zero-order chi connectivity index (χ0) is 14.4. The van der Waals surface area contributed by atoms with E-state index in [4.69, 9.17) is 9.84 Å². The molecule has 1 aromatic carbocycles. The van der Waals surface area contributed by atoms with Crippen molar-refractivity contribution in [3.63, 3.8) is 0 Å². The molecule has 0 aliphatic carbocycles. The van der Waals surface area contributed by atoms with Crippen molar-refractivity contribution in [3.8, 4) is 5.75 Å². The molecule has 0 atom stereocenters. The average molecular weight is 262 g/mol. The summed E-state index contributed by atoms with van der Waals surface area (Å²) in [5.41, 5.74) is 3.18. The molecular formula is C16H22O3. The first kappa shape index (κ1) is 15.3. The fraction of sp³-hybridized carbons (Fsp3) is 0.438. The Kier molecular flexibility index (Phi) is 5.61. The molecule has 1 rings (SSSR count). The highest BCUT2D eigenvalue weighted by atomic mass is 16.5. The van der Waals surface area contributed by atoms with Gasteiger partial charge in [-0.15, -0.1) is 0 Å². The van der Waals surface area contributed by atoms with E-state index in [1.54, 1.807) is 7.11 Å². The van der Waals surface area contributed by atoms with E-state index >= 15 is 0 Å². The minimum absolute atomic E-state index is 0.200. The normalized spacial score (nSPS) is 11.7. The van der Waals surface area contributed by atoms with Crippen molar-refractivity contribution in [2.24, 2.45) is 5.92 Å². The number of aliphatic carboxylic acids is 1. The SMILES string of the molecule is CCc1ccc(OC)c(C/C(=C/C(=O)O)C(C)C)c1. The van der Waals surface area contributed by atoms with E-state index in [9.17, 15) is 4.79 Å². The monoisotopic (exact) mass is 262 g/mol. The molecule has 0 fully saturated rings. The van der Waals surface area contributed by atoms with Gasteiger partial charge >= 0.3 is 5.97 Å². The van der Waals surface area contributed by atoms with E-state index in [0.29, 0.717) is 6.42 Å². The molecule has 0 heterocycles. The number of carboxylic acid groups (broad SMARTS) is 1. The maximum absolute atomic E-state index is 10.9. The first-order chi connectivity index (χ1) is 8.97. The summed E-state index contributed by atoms with van der Waals surface area (Å²) in [6.07, 6.45) is 2.88. The first-order valence-corrected chi connectivity index (χ1v) is 6.57. The van der Waals surface area contributed by atoms with E-state index in [2.05, 4.69) is 13.0 Å². The Morgan fingerprint density at radius 2 is 2.11 bits per heavy atom. The van der Waals surface area contributed by atoms with Crippen molar-refractivity contribution in [2.45, 2.75) is 33.6 Å². The number of allylic oxidation sites excluding steroid dienone is 1. The van der Waals surface area contributed by atoms with E-state index < -0.39 is 5.97 Å². The molecule has 1 N–H and O–H groups in total. The van der Waals surface area contributed by atoms with Gasteiger partial charge in [-0.05, 0) is 36.0 Å². The van der Waals surface area contributed by atoms with Crippen molar-refractivity contribution in [1.29, 1.82) is 0 Å². The lowest BCUT2D eigenvalue weighted by Gasteiger charge is -2.14. The average Bonchev–Trinajstić information content (AvgIpc) is 2.37. The summed E-state index contributed by atoms with van der Waals surface area (Å²) in [5, 5.41) is 8.93. The standard InChI is InChI=1S/C16H22O3/c1-5-12-6-7-15(19-4)14(8-12)9-13(11(2)3)10-16(17)18/h6-8,10-11H,5,9H2,1-4H3,(H,17,18)/b13-10-. The fourth-order valence-corrected chi connectivity index (χ4v) is 1.99. The molecule has 0 aromatic heterocycles. The van der Waals surface area contributed by atoms with Crippen LogP contribution in [0, 0.1) is 5.92 Å². The second kappa shape index (κ2) is 6.98. The summed E-state index contributed by atoms with van der Waals surface area (Å²) in [5.74, 6) is 0.120. The Hall–Kier alpha value is -1.77. The van der Waals surface area contributed by atoms with Crippen LogP contribution in [0.15, 0.2) is 29.8 Å². The molecule has 0 saturated heterocycles. The number of hydrogen-bond acceptors (Lipinski definition) is 2. The van der Waals surface area contributed by atoms with Crippen molar-refractivity contribution in [2.75, 3.05) is 7.11 Å². The van der Waals surface area contributed by atoms with Gasteiger partial charge in [0, 0.05) is 6.08 Å². The van der Waals surface area contributed by atoms with Crippen LogP contribution >= 0.6 is 0 Å². The number of hydrogen-bond donors (Lipinski definition) is 1. The van der Waals surface area contributed by atoms with Gasteiger partial charge in [0.2, 0.25) is 0 Å². The molecule has 3 nitrogen and oxygen atoms in total. The Morgan fingerprint density at radius 1 is 1.42 bits per heavy atom. The zero-order valence-corrected chi connectivity index (χ0v) is 12.1. The van der Waals surface area contributed by atoms with E-state index in [-0.39, 0.29) is 5.92 Å². The summed E-state index contributed by atoms with van der Waals surface area (Å²) in [7, 11) is 1.64. The van der Waals surface area contributed by atoms with Crippen molar-refractivity contribution < 1.29 is 14.6 Å². The number of methoxy groups -OCH3 is 1. The quantitative estimate of drug-likeness (QED) is 0.798. The zero-order valence-electron chi connectivity index (χ0n) is 12.1. The Balaban J connectivity index is 3.10. The predicted molar refractivity (Wildman–Crippen MR) is 76.6 cm³/mol. The molecule has 0 amide bonds. The molecule has 104 valence electrons. The van der Waals surface area contributed by atoms with Crippen LogP contribution in [0.1, 0.15) is 31.9 Å². The fourth-order valence-electron chi connectivity index (χ4n) is 1.99. The van der Waals surface area contributed by atoms with Gasteiger partial charge in [0.15, 0.2) is 0 Å². The first-order valence-electron chi connectivity index (χ1n) is 6.57. The topological polar surface area (TPSA) is 46.5 Å². The largest absolute Gasteiger partial charge is 0.496 e. The summed E-state index contributed by atoms with van der Waals surface area (Å²) in [6, 6.07) is 6.09. The van der Waals surface area contributed by atoms with Gasteiger partial charge in [0.1, 0.15) is 5.75 Å². The van der Waals surface area contributed by atoms with Gasteiger partial charge in [0.05, 0.1) is 7.11 Å². The number of aryl methyl sites for hydroxylation is 1. The third kappa shape index (κ3) is 4.43. The van der Waals surface area contributed by atoms with Crippen LogP contribution in [-0.2, 0) is 17.6 Å². The highest BCUT2D eigenvalue weighted by Crippen LogP contribution is 2.25. The second-order valence-corrected chi connectivity index (χ2v) is 4.89. The summed E-state index contributed by atoms with van der Waals surface area (Å²) >= 11 is 0. The van der Waals surface area contributed by atoms with Crippen LogP contribution in [0.3, 0.4) is 0 Å². The van der Waals surface area contributed by atoms with Gasteiger partial charge in [0.25, 0.3) is 0 Å². The van der Waals surface area contributed by atoms with Crippen molar-refractivity contribution in [1.82, 2.24) is 0 Å². The van der Waals surface area contributed by atoms with Gasteiger partial charge in [-0.25, -0.2) is 4.79 Å². The minimum atomic E-state index is -0.894. The molecule has 3 heteroatoms. The molecule has 0 aliphatic rings. The molecule has 19 heavy (non-hydrogen) atoms. The highest BCUT2D eigenvalue weighted by molar-refractivity contribution is 5.80. The molecule has 0 spiro atoms. The lowest BCUT2D eigenvalue weighted by atomic mass is 9.93. The predicted octanol–water partition coefficient (Wildman–Crippen LogP) is 3.47. The number of benzene rings is 1. The highest BCUT2D eigenvalue weighted by Gasteiger charge is 2.11. The summed E-state index contributed by atoms with van der Waals surface area (Å²) in [4.78, 5) is 10.9. The molecule has 0 unspecified atom stereocenters. The van der Waals surface area contributed by atoms with Gasteiger partial charge in [-0.1, -0.05) is 38.5 Å². The molecule has 1 aromatic rings. The maximum Gasteiger partial charge on any atom is 0.328 e. The second-order valence-electron chi connectivity index (χ2n) is 4.89. The Morgan fingerprint density at radius 3 is 2.58 bits per heavy atom. The van der Waals surface area contributed by atoms with Crippen LogP contribution in [0.5, 0.6) is 5.75 Å². The molecule has 0 radical (unpaired) electrons. The van der Waals surface area contributed by atoms with Crippen LogP contribution in [0.2, 0.25) is 0 Å². The minimum Gasteiger partial charge on any atom is -0.496 e. The lowest BCUT2D eigenvalue weighted by molar-refractivity contribution is -0.131. The number of carbonyl (C=O) groups is 1. The number of rotatable bonds is 6. The molecular weight excluding hydrogens is 240 g/mol. The molecule has 0 saturated carbocycles. The van der Waals surface area contributed by atoms with Gasteiger partial charge in [-0.3, -0.25) is 0 Å². The lowest BCUT2D eigenvalue weighted by Crippen LogP contribution is -2.04. The van der Waals surface area contributed by atoms with E-state index in [1.807, 2.05) is 26.0 Å². The number of ether oxygens (including phenoxy) is 1. The van der Waals surface area contributed by atoms with Crippen molar-refractivity contribution >= 4 is 5.97 Å². The van der Waals surface area contributed by atoms with Crippen LogP contribution in [0.25, 0.3) is 0 Å². The summed E-state index contributed by atoms with van der Waals surface area (Å²) in [6.45, 7) is 6.11.